The Morgan fingerprint density at radius 3 is 1.83 bits per heavy atom. The molecule has 1 unspecified atom stereocenters. The molecule has 0 bridgehead atoms. The van der Waals surface area contributed by atoms with Crippen LogP contribution in [0.4, 0.5) is 5.69 Å². The number of benzene rings is 3. The Bertz CT molecular complexity index is 914. The molecule has 4 heteroatoms. The van der Waals surface area contributed by atoms with Crippen molar-refractivity contribution in [3.05, 3.63) is 90.0 Å². The van der Waals surface area contributed by atoms with E-state index in [2.05, 4.69) is 82.6 Å². The molecule has 2 nitrogen and oxygen atoms in total. The fraction of sp³-hybridized carbons (Fsp3) is 0.308. The van der Waals surface area contributed by atoms with Crippen LogP contribution in [0.25, 0.3) is 0 Å². The molecule has 5 rings (SSSR count). The first-order chi connectivity index (χ1) is 14.7. The number of anilines is 1. The van der Waals surface area contributed by atoms with Crippen molar-refractivity contribution < 1.29 is 0 Å². The largest absolute Gasteiger partial charge is 0.369 e. The smallest absolute Gasteiger partial charge is 0.119 e. The van der Waals surface area contributed by atoms with E-state index in [1.54, 1.807) is 10.4 Å². The van der Waals surface area contributed by atoms with Crippen LogP contribution in [0.15, 0.2) is 84.9 Å². The van der Waals surface area contributed by atoms with Crippen molar-refractivity contribution in [3.63, 3.8) is 0 Å². The second-order valence-electron chi connectivity index (χ2n) is 8.71. The molecule has 3 aromatic carbocycles. The monoisotopic (exact) mass is 432 g/mol. The molecular weight excluding hydrogens is 404 g/mol. The maximum Gasteiger partial charge on any atom is 0.119 e. The highest BCUT2D eigenvalue weighted by Gasteiger charge is 2.46. The lowest BCUT2D eigenvalue weighted by Gasteiger charge is -2.40. The molecule has 0 spiro atoms. The van der Waals surface area contributed by atoms with Gasteiger partial charge < -0.3 is 4.90 Å². The van der Waals surface area contributed by atoms with Crippen LogP contribution in [0.3, 0.4) is 0 Å². The molecule has 0 saturated carbocycles. The van der Waals surface area contributed by atoms with Crippen LogP contribution >= 0.6 is 11.6 Å². The first-order valence-electron chi connectivity index (χ1n) is 11.1. The van der Waals surface area contributed by atoms with Gasteiger partial charge in [0.1, 0.15) is 8.07 Å². The fourth-order valence-corrected chi connectivity index (χ4v) is 11.0. The third kappa shape index (κ3) is 3.82. The quantitative estimate of drug-likeness (QED) is 0.560. The van der Waals surface area contributed by atoms with Crippen LogP contribution in [0.2, 0.25) is 17.1 Å². The summed E-state index contributed by atoms with van der Waals surface area (Å²) in [6.07, 6.45) is 1.33. The summed E-state index contributed by atoms with van der Waals surface area (Å²) in [5.41, 5.74) is 1.29. The molecule has 2 saturated heterocycles. The average molecular weight is 433 g/mol. The third-order valence-electron chi connectivity index (χ3n) is 7.16. The maximum atomic E-state index is 6.06. The van der Waals surface area contributed by atoms with E-state index in [0.717, 1.165) is 31.2 Å². The van der Waals surface area contributed by atoms with Crippen molar-refractivity contribution in [2.75, 3.05) is 31.1 Å². The standard InChI is InChI=1S/C26H29ClN2Si/c27-22-11-13-23(14-12-22)28-16-18-29(19-17-28)24-15-20-30(21-24,25-7-3-1-4-8-25)26-9-5-2-6-10-26/h1-14,24H,15-21H2. The van der Waals surface area contributed by atoms with E-state index in [1.165, 1.54) is 24.2 Å². The van der Waals surface area contributed by atoms with Crippen molar-refractivity contribution in [2.24, 2.45) is 0 Å². The highest BCUT2D eigenvalue weighted by molar-refractivity contribution is 7.02. The summed E-state index contributed by atoms with van der Waals surface area (Å²) in [6.45, 7) is 4.51. The number of rotatable bonds is 4. The van der Waals surface area contributed by atoms with E-state index in [-0.39, 0.29) is 0 Å². The minimum Gasteiger partial charge on any atom is -0.369 e. The minimum absolute atomic E-state index is 0.712. The molecule has 0 N–H and O–H groups in total. The molecule has 154 valence electrons. The molecule has 2 aliphatic heterocycles. The van der Waals surface area contributed by atoms with Gasteiger partial charge in [-0.3, -0.25) is 4.90 Å². The zero-order chi connectivity index (χ0) is 20.4. The summed E-state index contributed by atoms with van der Waals surface area (Å²) in [5.74, 6) is 0. The van der Waals surface area contributed by atoms with Gasteiger partial charge in [0.05, 0.1) is 0 Å². The molecular formula is C26H29ClN2Si. The fourth-order valence-electron chi connectivity index (χ4n) is 5.53. The molecule has 2 heterocycles. The molecule has 0 amide bonds. The van der Waals surface area contributed by atoms with Gasteiger partial charge in [-0.15, -0.1) is 0 Å². The van der Waals surface area contributed by atoms with Gasteiger partial charge in [-0.05, 0) is 42.8 Å². The second kappa shape index (κ2) is 8.58. The van der Waals surface area contributed by atoms with E-state index in [1.807, 2.05) is 12.1 Å². The number of hydrogen-bond acceptors (Lipinski definition) is 2. The lowest BCUT2D eigenvalue weighted by Crippen LogP contribution is -2.57. The summed E-state index contributed by atoms with van der Waals surface area (Å²) >= 11 is 6.06. The Morgan fingerprint density at radius 1 is 0.700 bits per heavy atom. The van der Waals surface area contributed by atoms with Crippen LogP contribution in [-0.4, -0.2) is 45.2 Å². The SMILES string of the molecule is Clc1ccc(N2CCN(C3CC[Si](c4ccccc4)(c4ccccc4)C3)CC2)cc1. The number of hydrogen-bond donors (Lipinski definition) is 0. The van der Waals surface area contributed by atoms with Crippen LogP contribution in [0.5, 0.6) is 0 Å². The van der Waals surface area contributed by atoms with Crippen molar-refractivity contribution >= 4 is 35.7 Å². The number of halogens is 1. The summed E-state index contributed by atoms with van der Waals surface area (Å²) < 4.78 is 0. The van der Waals surface area contributed by atoms with Crippen LogP contribution in [0, 0.1) is 0 Å². The zero-order valence-electron chi connectivity index (χ0n) is 17.4. The van der Waals surface area contributed by atoms with Crippen molar-refractivity contribution in [1.29, 1.82) is 0 Å². The third-order valence-corrected chi connectivity index (χ3v) is 12.6. The maximum absolute atomic E-state index is 6.06. The van der Waals surface area contributed by atoms with E-state index in [4.69, 9.17) is 11.6 Å². The Hall–Kier alpha value is -2.07. The summed E-state index contributed by atoms with van der Waals surface area (Å²) in [6, 6.07) is 34.5. The zero-order valence-corrected chi connectivity index (χ0v) is 19.1. The summed E-state index contributed by atoms with van der Waals surface area (Å²) in [5, 5.41) is 4.03. The Balaban J connectivity index is 1.32. The highest BCUT2D eigenvalue weighted by atomic mass is 35.5. The van der Waals surface area contributed by atoms with E-state index in [9.17, 15) is 0 Å². The lowest BCUT2D eigenvalue weighted by molar-refractivity contribution is 0.198. The van der Waals surface area contributed by atoms with Gasteiger partial charge in [0.2, 0.25) is 0 Å². The molecule has 3 aromatic rings. The van der Waals surface area contributed by atoms with Gasteiger partial charge >= 0.3 is 0 Å². The Labute approximate surface area is 186 Å². The molecule has 30 heavy (non-hydrogen) atoms. The molecule has 0 aromatic heterocycles. The first kappa shape index (κ1) is 19.9. The number of piperazine rings is 1. The van der Waals surface area contributed by atoms with E-state index in [0.29, 0.717) is 6.04 Å². The molecule has 1 atom stereocenters. The van der Waals surface area contributed by atoms with Gasteiger partial charge in [0.15, 0.2) is 0 Å². The molecule has 2 fully saturated rings. The topological polar surface area (TPSA) is 6.48 Å². The summed E-state index contributed by atoms with van der Waals surface area (Å²) in [7, 11) is -1.69. The Morgan fingerprint density at radius 2 is 1.27 bits per heavy atom. The van der Waals surface area contributed by atoms with Gasteiger partial charge in [-0.2, -0.15) is 0 Å². The Kier molecular flexibility index (Phi) is 5.68. The first-order valence-corrected chi connectivity index (χ1v) is 13.9. The van der Waals surface area contributed by atoms with Gasteiger partial charge in [0.25, 0.3) is 0 Å². The van der Waals surface area contributed by atoms with E-state index >= 15 is 0 Å². The lowest BCUT2D eigenvalue weighted by atomic mass is 10.2. The second-order valence-corrected chi connectivity index (χ2v) is 13.4. The van der Waals surface area contributed by atoms with Crippen LogP contribution < -0.4 is 15.3 Å². The predicted molar refractivity (Wildman–Crippen MR) is 131 cm³/mol. The average Bonchev–Trinajstić information content (AvgIpc) is 3.28. The molecule has 0 aliphatic carbocycles. The number of nitrogens with zero attached hydrogens (tertiary/aromatic N) is 2. The van der Waals surface area contributed by atoms with Crippen LogP contribution in [-0.2, 0) is 0 Å². The molecule has 2 aliphatic rings. The minimum atomic E-state index is -1.69. The van der Waals surface area contributed by atoms with Gasteiger partial charge in [-0.1, -0.05) is 82.6 Å². The normalized spacial score (nSPS) is 21.6. The predicted octanol–water partition coefficient (Wildman–Crippen LogP) is 4.50. The van der Waals surface area contributed by atoms with Crippen molar-refractivity contribution in [2.45, 2.75) is 24.6 Å². The van der Waals surface area contributed by atoms with Crippen LogP contribution in [0.1, 0.15) is 6.42 Å². The molecule has 0 radical (unpaired) electrons. The van der Waals surface area contributed by atoms with Crippen molar-refractivity contribution in [1.82, 2.24) is 4.90 Å². The van der Waals surface area contributed by atoms with Gasteiger partial charge in [0, 0.05) is 42.9 Å². The van der Waals surface area contributed by atoms with E-state index < -0.39 is 8.07 Å². The van der Waals surface area contributed by atoms with Crippen molar-refractivity contribution in [3.8, 4) is 0 Å². The highest BCUT2D eigenvalue weighted by Crippen LogP contribution is 2.34. The van der Waals surface area contributed by atoms with Gasteiger partial charge in [-0.25, -0.2) is 0 Å². The summed E-state index contributed by atoms with van der Waals surface area (Å²) in [4.78, 5) is 5.27.